The molecule has 0 spiro atoms. The largest absolute Gasteiger partial charge is 0.435 e. The van der Waals surface area contributed by atoms with Crippen molar-refractivity contribution in [2.24, 2.45) is 0 Å². The second-order valence-corrected chi connectivity index (χ2v) is 6.80. The zero-order chi connectivity index (χ0) is 19.1. The summed E-state index contributed by atoms with van der Waals surface area (Å²) in [6.07, 6.45) is 2.10. The number of halogens is 2. The fraction of sp³-hybridized carbons (Fsp3) is 0.381. The van der Waals surface area contributed by atoms with Crippen LogP contribution >= 0.6 is 0 Å². The van der Waals surface area contributed by atoms with Crippen molar-refractivity contribution in [3.8, 4) is 5.75 Å². The molecule has 0 bridgehead atoms. The molecule has 1 aliphatic heterocycles. The molecule has 1 N–H and O–H groups in total. The van der Waals surface area contributed by atoms with Crippen LogP contribution in [0.5, 0.6) is 5.75 Å². The van der Waals surface area contributed by atoms with Gasteiger partial charge in [-0.15, -0.1) is 0 Å². The summed E-state index contributed by atoms with van der Waals surface area (Å²) >= 11 is 0. The minimum absolute atomic E-state index is 0.0426. The van der Waals surface area contributed by atoms with Gasteiger partial charge in [-0.25, -0.2) is 0 Å². The van der Waals surface area contributed by atoms with Crippen LogP contribution in [-0.4, -0.2) is 36.5 Å². The second-order valence-electron chi connectivity index (χ2n) is 6.80. The Morgan fingerprint density at radius 1 is 1.04 bits per heavy atom. The summed E-state index contributed by atoms with van der Waals surface area (Å²) in [6.45, 7) is 0.0139. The van der Waals surface area contributed by atoms with Crippen LogP contribution in [0.25, 0.3) is 0 Å². The molecule has 0 unspecified atom stereocenters. The molecule has 1 aliphatic rings. The first-order chi connectivity index (χ1) is 13.1. The van der Waals surface area contributed by atoms with E-state index in [0.29, 0.717) is 0 Å². The van der Waals surface area contributed by atoms with Crippen molar-refractivity contribution in [1.82, 2.24) is 10.2 Å². The minimum atomic E-state index is -2.84. The van der Waals surface area contributed by atoms with E-state index in [2.05, 4.69) is 39.2 Å². The number of carbonyl (C=O) groups is 1. The molecule has 27 heavy (non-hydrogen) atoms. The lowest BCUT2D eigenvalue weighted by molar-refractivity contribution is -0.121. The predicted molar refractivity (Wildman–Crippen MR) is 99.7 cm³/mol. The van der Waals surface area contributed by atoms with Gasteiger partial charge in [-0.3, -0.25) is 9.69 Å². The number of rotatable bonds is 7. The standard InChI is InChI=1S/C21H24F2N2O2/c22-21(23)27-19-8-6-16(7-9-19)14-20(26)24-18-10-12-25(13-11-18)15-17-4-2-1-3-5-17/h1-9,18,21H,10-15H2,(H,24,26). The highest BCUT2D eigenvalue weighted by molar-refractivity contribution is 5.78. The molecule has 1 fully saturated rings. The minimum Gasteiger partial charge on any atom is -0.435 e. The first kappa shape index (κ1) is 19.3. The average Bonchev–Trinajstić information content (AvgIpc) is 2.65. The summed E-state index contributed by atoms with van der Waals surface area (Å²) in [5.41, 5.74) is 2.08. The predicted octanol–water partition coefficient (Wildman–Crippen LogP) is 3.61. The van der Waals surface area contributed by atoms with Gasteiger partial charge in [0.25, 0.3) is 0 Å². The molecule has 0 saturated carbocycles. The first-order valence-corrected chi connectivity index (χ1v) is 9.18. The summed E-state index contributed by atoms with van der Waals surface area (Å²) in [4.78, 5) is 14.6. The highest BCUT2D eigenvalue weighted by Crippen LogP contribution is 2.16. The third kappa shape index (κ3) is 6.32. The number of likely N-dealkylation sites (tertiary alicyclic amines) is 1. The van der Waals surface area contributed by atoms with Crippen LogP contribution in [0.4, 0.5) is 8.78 Å². The fourth-order valence-electron chi connectivity index (χ4n) is 3.33. The summed E-state index contributed by atoms with van der Waals surface area (Å²) in [5, 5.41) is 3.08. The molecular formula is C21H24F2N2O2. The number of benzene rings is 2. The molecule has 6 heteroatoms. The van der Waals surface area contributed by atoms with E-state index in [0.717, 1.165) is 38.0 Å². The lowest BCUT2D eigenvalue weighted by Crippen LogP contribution is -2.44. The Bertz CT molecular complexity index is 715. The molecule has 3 rings (SSSR count). The normalized spacial score (nSPS) is 15.7. The summed E-state index contributed by atoms with van der Waals surface area (Å²) in [5.74, 6) is 0.0546. The Balaban J connectivity index is 1.40. The number of carbonyl (C=O) groups excluding carboxylic acids is 1. The number of nitrogens with one attached hydrogen (secondary N) is 1. The molecule has 0 aliphatic carbocycles. The maximum Gasteiger partial charge on any atom is 0.387 e. The van der Waals surface area contributed by atoms with Crippen molar-refractivity contribution in [2.45, 2.75) is 38.5 Å². The third-order valence-corrected chi connectivity index (χ3v) is 4.71. The van der Waals surface area contributed by atoms with Gasteiger partial charge < -0.3 is 10.1 Å². The van der Waals surface area contributed by atoms with Crippen molar-refractivity contribution >= 4 is 5.91 Å². The van der Waals surface area contributed by atoms with Crippen molar-refractivity contribution in [3.05, 3.63) is 65.7 Å². The molecule has 144 valence electrons. The smallest absolute Gasteiger partial charge is 0.387 e. The Kier molecular flexibility index (Phi) is 6.76. The van der Waals surface area contributed by atoms with Crippen LogP contribution < -0.4 is 10.1 Å². The summed E-state index contributed by atoms with van der Waals surface area (Å²) < 4.78 is 28.6. The van der Waals surface area contributed by atoms with Crippen LogP contribution in [0, 0.1) is 0 Å². The summed E-state index contributed by atoms with van der Waals surface area (Å²) in [7, 11) is 0. The van der Waals surface area contributed by atoms with E-state index in [9.17, 15) is 13.6 Å². The van der Waals surface area contributed by atoms with Gasteiger partial charge in [-0.2, -0.15) is 8.78 Å². The Labute approximate surface area is 158 Å². The average molecular weight is 374 g/mol. The van der Waals surface area contributed by atoms with Crippen LogP contribution in [-0.2, 0) is 17.8 Å². The van der Waals surface area contributed by atoms with E-state index in [-0.39, 0.29) is 24.1 Å². The maximum absolute atomic E-state index is 12.2. The van der Waals surface area contributed by atoms with Crippen LogP contribution in [0.3, 0.4) is 0 Å². The molecule has 4 nitrogen and oxygen atoms in total. The molecule has 1 saturated heterocycles. The quantitative estimate of drug-likeness (QED) is 0.805. The number of nitrogens with zero attached hydrogens (tertiary/aromatic N) is 1. The van der Waals surface area contributed by atoms with E-state index >= 15 is 0 Å². The lowest BCUT2D eigenvalue weighted by atomic mass is 10.0. The molecular weight excluding hydrogens is 350 g/mol. The summed E-state index contributed by atoms with van der Waals surface area (Å²) in [6, 6.07) is 16.8. The van der Waals surface area contributed by atoms with Gasteiger partial charge in [0.2, 0.25) is 5.91 Å². The molecule has 1 heterocycles. The second kappa shape index (κ2) is 9.46. The van der Waals surface area contributed by atoms with Gasteiger partial charge in [0.05, 0.1) is 6.42 Å². The highest BCUT2D eigenvalue weighted by atomic mass is 19.3. The SMILES string of the molecule is O=C(Cc1ccc(OC(F)F)cc1)NC1CCN(Cc2ccccc2)CC1. The van der Waals surface area contributed by atoms with E-state index in [1.165, 1.54) is 17.7 Å². The molecule has 2 aromatic rings. The Hall–Kier alpha value is -2.47. The monoisotopic (exact) mass is 374 g/mol. The van der Waals surface area contributed by atoms with E-state index in [1.807, 2.05) is 6.07 Å². The van der Waals surface area contributed by atoms with Gasteiger partial charge >= 0.3 is 6.61 Å². The number of hydrogen-bond donors (Lipinski definition) is 1. The third-order valence-electron chi connectivity index (χ3n) is 4.71. The van der Waals surface area contributed by atoms with Gasteiger partial charge in [0.1, 0.15) is 5.75 Å². The van der Waals surface area contributed by atoms with Crippen molar-refractivity contribution in [3.63, 3.8) is 0 Å². The number of ether oxygens (including phenoxy) is 1. The van der Waals surface area contributed by atoms with Gasteiger partial charge in [0, 0.05) is 25.7 Å². The number of amides is 1. The number of piperidine rings is 1. The van der Waals surface area contributed by atoms with Crippen LogP contribution in [0.2, 0.25) is 0 Å². The topological polar surface area (TPSA) is 41.6 Å². The lowest BCUT2D eigenvalue weighted by Gasteiger charge is -2.32. The van der Waals surface area contributed by atoms with E-state index in [1.54, 1.807) is 12.1 Å². The van der Waals surface area contributed by atoms with E-state index < -0.39 is 6.61 Å². The Morgan fingerprint density at radius 2 is 1.70 bits per heavy atom. The fourth-order valence-corrected chi connectivity index (χ4v) is 3.33. The van der Waals surface area contributed by atoms with Gasteiger partial charge in [0.15, 0.2) is 0 Å². The number of alkyl halides is 2. The molecule has 2 aromatic carbocycles. The highest BCUT2D eigenvalue weighted by Gasteiger charge is 2.20. The zero-order valence-corrected chi connectivity index (χ0v) is 15.1. The first-order valence-electron chi connectivity index (χ1n) is 9.18. The molecule has 0 atom stereocenters. The maximum atomic E-state index is 12.2. The van der Waals surface area contributed by atoms with Crippen molar-refractivity contribution in [1.29, 1.82) is 0 Å². The Morgan fingerprint density at radius 3 is 2.33 bits per heavy atom. The number of hydrogen-bond acceptors (Lipinski definition) is 3. The van der Waals surface area contributed by atoms with Gasteiger partial charge in [-0.05, 0) is 36.1 Å². The van der Waals surface area contributed by atoms with E-state index in [4.69, 9.17) is 0 Å². The molecule has 1 amide bonds. The molecule has 0 aromatic heterocycles. The van der Waals surface area contributed by atoms with Crippen LogP contribution in [0.1, 0.15) is 24.0 Å². The van der Waals surface area contributed by atoms with Crippen LogP contribution in [0.15, 0.2) is 54.6 Å². The zero-order valence-electron chi connectivity index (χ0n) is 15.1. The molecule has 0 radical (unpaired) electrons. The van der Waals surface area contributed by atoms with Crippen molar-refractivity contribution < 1.29 is 18.3 Å². The van der Waals surface area contributed by atoms with Gasteiger partial charge in [-0.1, -0.05) is 42.5 Å². The van der Waals surface area contributed by atoms with Crippen molar-refractivity contribution in [2.75, 3.05) is 13.1 Å².